The van der Waals surface area contributed by atoms with Crippen LogP contribution in [-0.2, 0) is 20.7 Å². The zero-order valence-corrected chi connectivity index (χ0v) is 19.6. The molecule has 0 fully saturated rings. The van der Waals surface area contributed by atoms with E-state index in [4.69, 9.17) is 9.84 Å². The number of hydrogen-bond acceptors (Lipinski definition) is 4. The topological polar surface area (TPSA) is 95.9 Å². The summed E-state index contributed by atoms with van der Waals surface area (Å²) >= 11 is 0. The maximum atomic E-state index is 12.5. The first-order chi connectivity index (χ1) is 16.9. The maximum Gasteiger partial charge on any atom is 0.411 e. The van der Waals surface area contributed by atoms with Crippen molar-refractivity contribution in [3.8, 4) is 11.1 Å². The molecule has 0 radical (unpaired) electrons. The van der Waals surface area contributed by atoms with Crippen LogP contribution in [0.5, 0.6) is 0 Å². The number of benzene rings is 3. The van der Waals surface area contributed by atoms with E-state index in [1.54, 1.807) is 31.3 Å². The molecule has 2 N–H and O–H groups in total. The normalized spacial score (nSPS) is 11.9. The molecule has 7 nitrogen and oxygen atoms in total. The number of amides is 2. The van der Waals surface area contributed by atoms with Gasteiger partial charge in [0.05, 0.1) is 6.42 Å². The van der Waals surface area contributed by atoms with Crippen LogP contribution in [0.15, 0.2) is 72.8 Å². The monoisotopic (exact) mass is 472 g/mol. The van der Waals surface area contributed by atoms with Gasteiger partial charge in [-0.05, 0) is 46.4 Å². The van der Waals surface area contributed by atoms with E-state index >= 15 is 0 Å². The number of ether oxygens (including phenoxy) is 1. The number of carbonyl (C=O) groups excluding carboxylic acids is 2. The fourth-order valence-corrected chi connectivity index (χ4v) is 4.36. The Morgan fingerprint density at radius 2 is 1.51 bits per heavy atom. The molecular formula is C28H28N2O5. The molecule has 3 aromatic carbocycles. The van der Waals surface area contributed by atoms with E-state index in [1.807, 2.05) is 24.3 Å². The van der Waals surface area contributed by atoms with Crippen molar-refractivity contribution in [2.75, 3.05) is 25.5 Å². The second kappa shape index (κ2) is 10.9. The van der Waals surface area contributed by atoms with Gasteiger partial charge in [0.2, 0.25) is 5.91 Å². The fourth-order valence-electron chi connectivity index (χ4n) is 4.36. The van der Waals surface area contributed by atoms with E-state index in [0.29, 0.717) is 18.7 Å². The molecule has 0 atom stereocenters. The number of hydrogen-bond donors (Lipinski definition) is 2. The van der Waals surface area contributed by atoms with Gasteiger partial charge in [-0.1, -0.05) is 60.7 Å². The van der Waals surface area contributed by atoms with E-state index in [-0.39, 0.29) is 31.3 Å². The van der Waals surface area contributed by atoms with Crippen molar-refractivity contribution in [1.29, 1.82) is 0 Å². The average molecular weight is 473 g/mol. The lowest BCUT2D eigenvalue weighted by Crippen LogP contribution is -2.29. The molecule has 0 bridgehead atoms. The van der Waals surface area contributed by atoms with Gasteiger partial charge < -0.3 is 14.7 Å². The Kier molecular flexibility index (Phi) is 7.45. The number of rotatable bonds is 9. The molecule has 0 aliphatic heterocycles. The molecule has 7 heteroatoms. The highest BCUT2D eigenvalue weighted by Gasteiger charge is 2.29. The first-order valence-corrected chi connectivity index (χ1v) is 11.6. The Labute approximate surface area is 204 Å². The Morgan fingerprint density at radius 3 is 2.11 bits per heavy atom. The molecule has 35 heavy (non-hydrogen) atoms. The molecule has 0 unspecified atom stereocenters. The summed E-state index contributed by atoms with van der Waals surface area (Å²) in [6.07, 6.45) is 0.123. The Hall–Kier alpha value is -4.13. The lowest BCUT2D eigenvalue weighted by atomic mass is 9.98. The second-order valence-corrected chi connectivity index (χ2v) is 8.64. The molecule has 0 saturated heterocycles. The highest BCUT2D eigenvalue weighted by molar-refractivity contribution is 5.85. The van der Waals surface area contributed by atoms with E-state index < -0.39 is 12.1 Å². The van der Waals surface area contributed by atoms with Gasteiger partial charge in [-0.15, -0.1) is 0 Å². The smallest absolute Gasteiger partial charge is 0.411 e. The Morgan fingerprint density at radius 1 is 0.914 bits per heavy atom. The molecule has 2 amide bonds. The summed E-state index contributed by atoms with van der Waals surface area (Å²) < 4.78 is 5.57. The van der Waals surface area contributed by atoms with E-state index in [1.165, 1.54) is 16.0 Å². The predicted octanol–water partition coefficient (Wildman–Crippen LogP) is 4.91. The summed E-state index contributed by atoms with van der Waals surface area (Å²) in [6.45, 7) is 0.632. The van der Waals surface area contributed by atoms with Crippen LogP contribution >= 0.6 is 0 Å². The zero-order valence-electron chi connectivity index (χ0n) is 19.6. The van der Waals surface area contributed by atoms with Crippen molar-refractivity contribution >= 4 is 23.7 Å². The number of nitrogens with one attached hydrogen (secondary N) is 1. The van der Waals surface area contributed by atoms with Gasteiger partial charge >= 0.3 is 12.1 Å². The van der Waals surface area contributed by atoms with E-state index in [0.717, 1.165) is 16.7 Å². The fraction of sp³-hybridized carbons (Fsp3) is 0.250. The predicted molar refractivity (Wildman–Crippen MR) is 133 cm³/mol. The first-order valence-electron chi connectivity index (χ1n) is 11.6. The number of carboxylic acids is 1. The molecule has 4 rings (SSSR count). The van der Waals surface area contributed by atoms with Crippen molar-refractivity contribution in [3.05, 3.63) is 89.5 Å². The first kappa shape index (κ1) is 24.0. The van der Waals surface area contributed by atoms with Crippen LogP contribution in [0.1, 0.15) is 35.4 Å². The van der Waals surface area contributed by atoms with Crippen LogP contribution in [0.4, 0.5) is 10.5 Å². The zero-order chi connectivity index (χ0) is 24.8. The van der Waals surface area contributed by atoms with E-state index in [9.17, 15) is 14.4 Å². The van der Waals surface area contributed by atoms with Crippen LogP contribution in [0, 0.1) is 0 Å². The van der Waals surface area contributed by atoms with Gasteiger partial charge in [0.1, 0.15) is 6.61 Å². The van der Waals surface area contributed by atoms with Gasteiger partial charge in [0.15, 0.2) is 0 Å². The van der Waals surface area contributed by atoms with Crippen molar-refractivity contribution in [1.82, 2.24) is 4.90 Å². The number of fused-ring (bicyclic) bond motifs is 3. The molecule has 3 aromatic rings. The minimum atomic E-state index is -0.870. The summed E-state index contributed by atoms with van der Waals surface area (Å²) in [6, 6.07) is 23.4. The highest BCUT2D eigenvalue weighted by atomic mass is 16.5. The van der Waals surface area contributed by atoms with Crippen molar-refractivity contribution in [2.24, 2.45) is 0 Å². The van der Waals surface area contributed by atoms with Gasteiger partial charge in [0, 0.05) is 31.6 Å². The van der Waals surface area contributed by atoms with Gasteiger partial charge in [0.25, 0.3) is 0 Å². The Bertz CT molecular complexity index is 1180. The molecule has 0 aromatic heterocycles. The van der Waals surface area contributed by atoms with Crippen LogP contribution in [-0.4, -0.2) is 48.2 Å². The van der Waals surface area contributed by atoms with Gasteiger partial charge in [-0.2, -0.15) is 0 Å². The summed E-state index contributed by atoms with van der Waals surface area (Å²) in [5, 5.41) is 11.5. The van der Waals surface area contributed by atoms with Crippen LogP contribution in [0.3, 0.4) is 0 Å². The van der Waals surface area contributed by atoms with Crippen LogP contribution in [0.25, 0.3) is 11.1 Å². The van der Waals surface area contributed by atoms with Crippen molar-refractivity contribution in [3.63, 3.8) is 0 Å². The lowest BCUT2D eigenvalue weighted by molar-refractivity contribution is -0.138. The number of likely N-dealkylation sites (N-methyl/N-ethyl adjacent to an activating group) is 1. The minimum absolute atomic E-state index is 0.00553. The largest absolute Gasteiger partial charge is 0.481 e. The molecule has 0 spiro atoms. The van der Waals surface area contributed by atoms with Gasteiger partial charge in [-0.25, -0.2) is 4.79 Å². The molecular weight excluding hydrogens is 444 g/mol. The SMILES string of the molecule is CN(CCCC(=O)O)C(=O)Cc1ccc(NC(=O)OCC2c3ccccc3-c3ccccc32)cc1. The summed E-state index contributed by atoms with van der Waals surface area (Å²) in [5.74, 6) is -0.966. The quantitative estimate of drug-likeness (QED) is 0.461. The third-order valence-electron chi connectivity index (χ3n) is 6.21. The third kappa shape index (κ3) is 5.87. The maximum absolute atomic E-state index is 12.5. The summed E-state index contributed by atoms with van der Waals surface area (Å²) in [7, 11) is 1.66. The number of carboxylic acid groups (broad SMARTS) is 1. The third-order valence-corrected chi connectivity index (χ3v) is 6.21. The molecule has 0 heterocycles. The Balaban J connectivity index is 1.29. The molecule has 180 valence electrons. The van der Waals surface area contributed by atoms with E-state index in [2.05, 4.69) is 29.6 Å². The molecule has 0 saturated carbocycles. The summed E-state index contributed by atoms with van der Waals surface area (Å²) in [5.41, 5.74) is 6.04. The van der Waals surface area contributed by atoms with Crippen molar-refractivity contribution in [2.45, 2.75) is 25.2 Å². The number of anilines is 1. The van der Waals surface area contributed by atoms with Gasteiger partial charge in [-0.3, -0.25) is 14.9 Å². The molecule has 1 aliphatic rings. The summed E-state index contributed by atoms with van der Waals surface area (Å²) in [4.78, 5) is 36.9. The standard InChI is InChI=1S/C28H28N2O5/c1-30(16-6-11-27(32)33)26(31)17-19-12-14-20(15-13-19)29-28(34)35-18-25-23-9-4-2-7-21(23)22-8-3-5-10-24(22)25/h2-5,7-10,12-15,25H,6,11,16-18H2,1H3,(H,29,34)(H,32,33). The van der Waals surface area contributed by atoms with Crippen molar-refractivity contribution < 1.29 is 24.2 Å². The second-order valence-electron chi connectivity index (χ2n) is 8.64. The average Bonchev–Trinajstić information content (AvgIpc) is 3.17. The highest BCUT2D eigenvalue weighted by Crippen LogP contribution is 2.44. The number of carbonyl (C=O) groups is 3. The van der Waals surface area contributed by atoms with Crippen LogP contribution in [0.2, 0.25) is 0 Å². The number of nitrogens with zero attached hydrogens (tertiary/aromatic N) is 1. The minimum Gasteiger partial charge on any atom is -0.481 e. The molecule has 1 aliphatic carbocycles. The number of aliphatic carboxylic acids is 1. The van der Waals surface area contributed by atoms with Crippen LogP contribution < -0.4 is 5.32 Å². The lowest BCUT2D eigenvalue weighted by Gasteiger charge is -2.17.